The van der Waals surface area contributed by atoms with Gasteiger partial charge in [-0.3, -0.25) is 14.6 Å². The molecule has 1 N–H and O–H groups in total. The van der Waals surface area contributed by atoms with Gasteiger partial charge in [-0.05, 0) is 102 Å². The van der Waals surface area contributed by atoms with Gasteiger partial charge in [0.25, 0.3) is 0 Å². The second kappa shape index (κ2) is 14.2. The number of piperidine rings is 1. The van der Waals surface area contributed by atoms with E-state index in [2.05, 4.69) is 25.8 Å². The van der Waals surface area contributed by atoms with Crippen molar-refractivity contribution in [2.45, 2.75) is 44.7 Å². The van der Waals surface area contributed by atoms with Gasteiger partial charge in [-0.15, -0.1) is 5.10 Å². The van der Waals surface area contributed by atoms with Crippen LogP contribution in [0.5, 0.6) is 5.75 Å². The standard InChI is InChI=1S/C36H35ClFN7O3/c37-30-7-8-31(45-22-41-42-43-45)29(35(30)38)6-9-34(47)44-16-12-27-28(2-1-3-33(27)48-17-13-23-10-14-39-15-11-23)36(44)32(46)19-24-4-5-25-20-40-21-26(25)18-24/h1-9,18,20,22-23,36,39H,10-17,19,21H2/b9-6+. The lowest BCUT2D eigenvalue weighted by atomic mass is 9.87. The van der Waals surface area contributed by atoms with E-state index < -0.39 is 17.8 Å². The molecule has 1 saturated heterocycles. The summed E-state index contributed by atoms with van der Waals surface area (Å²) < 4.78 is 22.9. The van der Waals surface area contributed by atoms with Crippen LogP contribution in [0.4, 0.5) is 4.39 Å². The SMILES string of the molecule is O=C(Cc1ccc2c(c1)CN=C2)C1c2cccc(OCCC3CCNCC3)c2CCN1C(=O)/C=C/c1c(-n2cnnn2)ccc(Cl)c1F. The highest BCUT2D eigenvalue weighted by molar-refractivity contribution is 6.31. The number of halogens is 2. The Morgan fingerprint density at radius 1 is 1.12 bits per heavy atom. The Hall–Kier alpha value is -4.74. The molecule has 12 heteroatoms. The molecule has 246 valence electrons. The molecule has 0 saturated carbocycles. The Morgan fingerprint density at radius 3 is 2.83 bits per heavy atom. The second-order valence-electron chi connectivity index (χ2n) is 12.4. The number of carbonyl (C=O) groups excluding carboxylic acids is 2. The van der Waals surface area contributed by atoms with Gasteiger partial charge in [-0.1, -0.05) is 41.9 Å². The van der Waals surface area contributed by atoms with Gasteiger partial charge in [0.2, 0.25) is 5.91 Å². The largest absolute Gasteiger partial charge is 0.493 e. The van der Waals surface area contributed by atoms with E-state index in [1.807, 2.05) is 42.6 Å². The number of amides is 1. The maximum absolute atomic E-state index is 15.3. The van der Waals surface area contributed by atoms with Gasteiger partial charge in [0.15, 0.2) is 11.6 Å². The molecule has 3 aromatic carbocycles. The molecule has 0 bridgehead atoms. The number of aromatic nitrogens is 4. The first kappa shape index (κ1) is 31.8. The third kappa shape index (κ3) is 6.65. The van der Waals surface area contributed by atoms with Crippen molar-refractivity contribution in [2.24, 2.45) is 10.9 Å². The van der Waals surface area contributed by atoms with Gasteiger partial charge in [-0.2, -0.15) is 4.68 Å². The molecule has 7 rings (SSSR count). The first-order chi connectivity index (χ1) is 23.5. The number of tetrazole rings is 1. The molecule has 4 aromatic rings. The van der Waals surface area contributed by atoms with Crippen LogP contribution in [0.25, 0.3) is 11.8 Å². The summed E-state index contributed by atoms with van der Waals surface area (Å²) in [6, 6.07) is 13.8. The van der Waals surface area contributed by atoms with Crippen LogP contribution in [0, 0.1) is 11.7 Å². The number of ketones is 1. The highest BCUT2D eigenvalue weighted by Crippen LogP contribution is 2.37. The molecule has 1 fully saturated rings. The number of hydrogen-bond donors (Lipinski definition) is 1. The Morgan fingerprint density at radius 2 is 2.00 bits per heavy atom. The molecule has 4 heterocycles. The van der Waals surface area contributed by atoms with Crippen molar-refractivity contribution in [3.63, 3.8) is 0 Å². The molecule has 10 nitrogen and oxygen atoms in total. The molecule has 1 atom stereocenters. The van der Waals surface area contributed by atoms with Gasteiger partial charge in [0.1, 0.15) is 18.1 Å². The molecule has 0 aliphatic carbocycles. The van der Waals surface area contributed by atoms with Crippen molar-refractivity contribution in [3.8, 4) is 11.4 Å². The number of carbonyl (C=O) groups is 2. The fourth-order valence-corrected chi connectivity index (χ4v) is 7.03. The van der Waals surface area contributed by atoms with Gasteiger partial charge in [0.05, 0.1) is 23.9 Å². The fourth-order valence-electron chi connectivity index (χ4n) is 6.87. The van der Waals surface area contributed by atoms with Gasteiger partial charge < -0.3 is 15.0 Å². The van der Waals surface area contributed by atoms with Crippen molar-refractivity contribution in [3.05, 3.63) is 105 Å². The number of hydrogen-bond acceptors (Lipinski definition) is 8. The number of benzene rings is 3. The van der Waals surface area contributed by atoms with E-state index in [0.29, 0.717) is 31.2 Å². The van der Waals surface area contributed by atoms with Crippen molar-refractivity contribution < 1.29 is 18.7 Å². The van der Waals surface area contributed by atoms with Crippen molar-refractivity contribution in [1.29, 1.82) is 0 Å². The summed E-state index contributed by atoms with van der Waals surface area (Å²) in [5.41, 5.74) is 5.05. The number of fused-ring (bicyclic) bond motifs is 2. The Balaban J connectivity index is 1.18. The number of rotatable bonds is 10. The Labute approximate surface area is 282 Å². The summed E-state index contributed by atoms with van der Waals surface area (Å²) >= 11 is 6.11. The zero-order valence-electron chi connectivity index (χ0n) is 26.3. The lowest BCUT2D eigenvalue weighted by molar-refractivity contribution is -0.136. The maximum Gasteiger partial charge on any atom is 0.247 e. The molecule has 3 aliphatic rings. The smallest absolute Gasteiger partial charge is 0.247 e. The van der Waals surface area contributed by atoms with Crippen LogP contribution in [-0.2, 0) is 29.0 Å². The first-order valence-electron chi connectivity index (χ1n) is 16.3. The summed E-state index contributed by atoms with van der Waals surface area (Å²) in [6.07, 6.45) is 9.71. The van der Waals surface area contributed by atoms with Crippen LogP contribution in [0.2, 0.25) is 5.02 Å². The number of aliphatic imine (C=N–C) groups is 1. The lowest BCUT2D eigenvalue weighted by Crippen LogP contribution is -2.43. The third-order valence-corrected chi connectivity index (χ3v) is 9.68. The summed E-state index contributed by atoms with van der Waals surface area (Å²) in [5.74, 6) is 0.122. The van der Waals surface area contributed by atoms with Crippen molar-refractivity contribution in [1.82, 2.24) is 30.4 Å². The van der Waals surface area contributed by atoms with Crippen LogP contribution in [-0.4, -0.2) is 69.3 Å². The molecule has 1 aromatic heterocycles. The van der Waals surface area contributed by atoms with Crippen molar-refractivity contribution in [2.75, 3.05) is 26.2 Å². The predicted octanol–water partition coefficient (Wildman–Crippen LogP) is 5.11. The average molecular weight is 668 g/mol. The average Bonchev–Trinajstić information content (AvgIpc) is 3.81. The summed E-state index contributed by atoms with van der Waals surface area (Å²) in [4.78, 5) is 34.1. The van der Waals surface area contributed by atoms with Gasteiger partial charge in [0, 0.05) is 36.4 Å². The van der Waals surface area contributed by atoms with E-state index in [1.54, 1.807) is 11.0 Å². The minimum absolute atomic E-state index is 0.0493. The summed E-state index contributed by atoms with van der Waals surface area (Å²) in [7, 11) is 0. The monoisotopic (exact) mass is 667 g/mol. The van der Waals surface area contributed by atoms with Gasteiger partial charge in [-0.25, -0.2) is 4.39 Å². The molecule has 48 heavy (non-hydrogen) atoms. The zero-order chi connectivity index (χ0) is 33.0. The third-order valence-electron chi connectivity index (χ3n) is 9.38. The van der Waals surface area contributed by atoms with Gasteiger partial charge >= 0.3 is 0 Å². The van der Waals surface area contributed by atoms with Crippen LogP contribution >= 0.6 is 11.6 Å². The van der Waals surface area contributed by atoms with E-state index >= 15 is 4.39 Å². The van der Waals surface area contributed by atoms with Crippen LogP contribution in [0.3, 0.4) is 0 Å². The summed E-state index contributed by atoms with van der Waals surface area (Å²) in [5, 5.41) is 14.4. The number of nitrogens with one attached hydrogen (secondary N) is 1. The van der Waals surface area contributed by atoms with Crippen molar-refractivity contribution >= 4 is 35.6 Å². The topological polar surface area (TPSA) is 115 Å². The zero-order valence-corrected chi connectivity index (χ0v) is 27.1. The highest BCUT2D eigenvalue weighted by atomic mass is 35.5. The first-order valence-corrected chi connectivity index (χ1v) is 16.6. The maximum atomic E-state index is 15.3. The fraction of sp³-hybridized carbons (Fsp3) is 0.333. The van der Waals surface area contributed by atoms with Crippen LogP contribution in [0.1, 0.15) is 58.7 Å². The van der Waals surface area contributed by atoms with E-state index in [1.165, 1.54) is 29.2 Å². The van der Waals surface area contributed by atoms with E-state index in [4.69, 9.17) is 16.3 Å². The highest BCUT2D eigenvalue weighted by Gasteiger charge is 2.36. The number of ether oxygens (including phenoxy) is 1. The normalized spacial score (nSPS) is 17.5. The summed E-state index contributed by atoms with van der Waals surface area (Å²) in [6.45, 7) is 3.54. The molecular weight excluding hydrogens is 633 g/mol. The van der Waals surface area contributed by atoms with E-state index in [9.17, 15) is 9.59 Å². The molecule has 3 aliphatic heterocycles. The molecule has 1 amide bonds. The Bertz CT molecular complexity index is 1890. The minimum atomic E-state index is -0.855. The van der Waals surface area contributed by atoms with E-state index in [-0.39, 0.29) is 29.3 Å². The quantitative estimate of drug-likeness (QED) is 0.234. The van der Waals surface area contributed by atoms with Crippen LogP contribution < -0.4 is 10.1 Å². The number of nitrogens with zero attached hydrogens (tertiary/aromatic N) is 6. The predicted molar refractivity (Wildman–Crippen MR) is 180 cm³/mol. The molecule has 0 spiro atoms. The molecular formula is C36H35ClFN7O3. The van der Waals surface area contributed by atoms with E-state index in [0.717, 1.165) is 65.9 Å². The lowest BCUT2D eigenvalue weighted by Gasteiger charge is -2.36. The molecule has 0 radical (unpaired) electrons. The number of Topliss-reactive ketones (excluding diaryl/α,β-unsaturated/α-hetero) is 1. The Kier molecular flexibility index (Phi) is 9.40. The second-order valence-corrected chi connectivity index (χ2v) is 12.8. The minimum Gasteiger partial charge on any atom is -0.493 e. The molecule has 1 unspecified atom stereocenters. The van der Waals surface area contributed by atoms with Crippen LogP contribution in [0.15, 0.2) is 65.9 Å².